The van der Waals surface area contributed by atoms with Gasteiger partial charge in [0, 0.05) is 30.0 Å². The number of unbranched alkanes of at least 4 members (excludes halogenated alkanes) is 13. The molecule has 1 fully saturated rings. The molecule has 0 amide bonds. The summed E-state index contributed by atoms with van der Waals surface area (Å²) in [7, 11) is -16.7. The molecular weight excluding hydrogens is 967 g/mol. The van der Waals surface area contributed by atoms with Gasteiger partial charge in [0.2, 0.25) is 0 Å². The molecule has 0 radical (unpaired) electrons. The number of hydrogen-bond donors (Lipinski definition) is 3. The molecule has 2 heterocycles. The standard InChI is InChI=1S/C43H62N5O18P3/c1-3-5-6-7-8-9-10-11-12-13-14-15-16-17-28-58-43(52)63-36-24-20-34(21-25-36)31-61-69(57,60-30-33-18-22-35(23-19-33)62-41(50)4-2)66-68(55,56)65-67(53,54)59-32-38-37(46-47-44)29-40(64-38)48-27-26-39(49)45-42(48)51/h18-27,37-38,40H,3-17,28-32H2,1-2H3,(H,53,54)(H,55,56)(H,45,49,51)/t37?,38-,40-,69?/m1/s1. The molecule has 0 spiro atoms. The molecule has 0 aliphatic carbocycles. The lowest BCUT2D eigenvalue weighted by Gasteiger charge is -2.22. The number of aromatic nitrogens is 2. The highest BCUT2D eigenvalue weighted by molar-refractivity contribution is 7.67. The fraction of sp³-hybridized carbons (Fsp3) is 0.581. The Kier molecular flexibility index (Phi) is 24.6. The summed E-state index contributed by atoms with van der Waals surface area (Å²) in [5.41, 5.74) is 8.05. The second-order valence-corrected chi connectivity index (χ2v) is 20.8. The molecule has 23 nitrogen and oxygen atoms in total. The number of azide groups is 1. The first-order valence-corrected chi connectivity index (χ1v) is 27.3. The van der Waals surface area contributed by atoms with Crippen LogP contribution in [0.25, 0.3) is 10.4 Å². The molecule has 4 unspecified atom stereocenters. The van der Waals surface area contributed by atoms with Crippen molar-refractivity contribution >= 4 is 35.6 Å². The zero-order valence-corrected chi connectivity index (χ0v) is 41.4. The van der Waals surface area contributed by atoms with Crippen LogP contribution in [-0.2, 0) is 63.4 Å². The van der Waals surface area contributed by atoms with Crippen LogP contribution in [0.4, 0.5) is 4.79 Å². The predicted octanol–water partition coefficient (Wildman–Crippen LogP) is 10.6. The van der Waals surface area contributed by atoms with Crippen molar-refractivity contribution in [2.24, 2.45) is 5.11 Å². The van der Waals surface area contributed by atoms with E-state index in [4.69, 9.17) is 42.4 Å². The van der Waals surface area contributed by atoms with Crippen LogP contribution < -0.4 is 20.7 Å². The van der Waals surface area contributed by atoms with Crippen LogP contribution in [-0.4, -0.2) is 56.8 Å². The lowest BCUT2D eigenvalue weighted by molar-refractivity contribution is -0.134. The molecule has 382 valence electrons. The van der Waals surface area contributed by atoms with Gasteiger partial charge in [0.25, 0.3) is 5.56 Å². The number of ether oxygens (including phenoxy) is 4. The third-order valence-electron chi connectivity index (χ3n) is 10.4. The van der Waals surface area contributed by atoms with Crippen molar-refractivity contribution in [3.8, 4) is 11.5 Å². The van der Waals surface area contributed by atoms with Crippen LogP contribution in [0.1, 0.15) is 134 Å². The van der Waals surface area contributed by atoms with Gasteiger partial charge in [-0.1, -0.05) is 127 Å². The first-order chi connectivity index (χ1) is 33.0. The fourth-order valence-electron chi connectivity index (χ4n) is 6.82. The number of nitrogens with zero attached hydrogens (tertiary/aromatic N) is 4. The largest absolute Gasteiger partial charge is 0.513 e. The molecule has 3 N–H and O–H groups in total. The molecule has 69 heavy (non-hydrogen) atoms. The SMILES string of the molecule is CCCCCCCCCCCCCCCCOC(=O)Oc1ccc(COP(=O)(OCc2ccc(OC(=O)CC)cc2)OP(=O)(O)OP(=O)(O)OC[C@H]2O[C@@H](n3ccc(=O)[nH]c3=O)CC2N=[N+]=[N-])cc1. The van der Waals surface area contributed by atoms with E-state index >= 15 is 0 Å². The van der Waals surface area contributed by atoms with E-state index in [2.05, 4.69) is 21.3 Å². The summed E-state index contributed by atoms with van der Waals surface area (Å²) in [4.78, 5) is 73.5. The van der Waals surface area contributed by atoms with E-state index in [1.54, 1.807) is 6.92 Å². The topological polar surface area (TPSA) is 312 Å². The quantitative estimate of drug-likeness (QED) is 0.00746. The van der Waals surface area contributed by atoms with Gasteiger partial charge >= 0.3 is 41.3 Å². The number of hydrogen-bond acceptors (Lipinski definition) is 17. The molecular formula is C43H62N5O18P3. The Balaban J connectivity index is 1.29. The lowest BCUT2D eigenvalue weighted by Crippen LogP contribution is -2.31. The highest BCUT2D eigenvalue weighted by Gasteiger charge is 2.45. The zero-order valence-electron chi connectivity index (χ0n) is 38.7. The van der Waals surface area contributed by atoms with Crippen LogP contribution in [0.15, 0.2) is 75.5 Å². The number of esters is 1. The minimum Gasteiger partial charge on any atom is -0.434 e. The van der Waals surface area contributed by atoms with Crippen molar-refractivity contribution in [1.29, 1.82) is 0 Å². The van der Waals surface area contributed by atoms with Gasteiger partial charge < -0.3 is 28.7 Å². The second kappa shape index (κ2) is 29.7. The van der Waals surface area contributed by atoms with Crippen molar-refractivity contribution in [1.82, 2.24) is 9.55 Å². The maximum absolute atomic E-state index is 13.9. The van der Waals surface area contributed by atoms with Gasteiger partial charge in [-0.15, -0.1) is 0 Å². The maximum atomic E-state index is 13.9. The molecule has 6 atom stereocenters. The number of phosphoric acid groups is 3. The van der Waals surface area contributed by atoms with Crippen molar-refractivity contribution in [2.45, 2.75) is 148 Å². The fourth-order valence-corrected chi connectivity index (χ4v) is 10.9. The number of nitrogens with one attached hydrogen (secondary N) is 1. The second-order valence-electron chi connectivity index (χ2n) is 16.0. The smallest absolute Gasteiger partial charge is 0.434 e. The number of rotatable bonds is 33. The van der Waals surface area contributed by atoms with E-state index in [9.17, 15) is 42.7 Å². The van der Waals surface area contributed by atoms with Crippen LogP contribution in [0.5, 0.6) is 11.5 Å². The number of phosphoric ester groups is 2. The highest BCUT2D eigenvalue weighted by atomic mass is 31.3. The number of carbonyl (C=O) groups excluding carboxylic acids is 2. The van der Waals surface area contributed by atoms with Gasteiger partial charge in [-0.05, 0) is 47.3 Å². The first kappa shape index (κ1) is 57.1. The summed E-state index contributed by atoms with van der Waals surface area (Å²) in [5.74, 6) is -0.203. The molecule has 0 saturated carbocycles. The van der Waals surface area contributed by atoms with Crippen molar-refractivity contribution < 1.29 is 74.2 Å². The number of H-pyrrole nitrogens is 1. The highest BCUT2D eigenvalue weighted by Crippen LogP contribution is 2.69. The average molecular weight is 1030 g/mol. The van der Waals surface area contributed by atoms with E-state index in [0.29, 0.717) is 6.42 Å². The Hall–Kier alpha value is -4.46. The van der Waals surface area contributed by atoms with Crippen LogP contribution in [0.3, 0.4) is 0 Å². The molecule has 0 bridgehead atoms. The predicted molar refractivity (Wildman–Crippen MR) is 249 cm³/mol. The molecule has 1 aliphatic rings. The average Bonchev–Trinajstić information content (AvgIpc) is 3.70. The maximum Gasteiger partial charge on any atom is 0.513 e. The monoisotopic (exact) mass is 1030 g/mol. The van der Waals surface area contributed by atoms with E-state index in [0.717, 1.165) is 36.1 Å². The Morgan fingerprint density at radius 3 is 1.81 bits per heavy atom. The molecule has 2 aromatic carbocycles. The summed E-state index contributed by atoms with van der Waals surface area (Å²) < 4.78 is 87.0. The van der Waals surface area contributed by atoms with Gasteiger partial charge in [0.05, 0.1) is 38.6 Å². The molecule has 26 heteroatoms. The molecule has 1 aliphatic heterocycles. The van der Waals surface area contributed by atoms with E-state index in [-0.39, 0.29) is 42.1 Å². The summed E-state index contributed by atoms with van der Waals surface area (Å²) in [6.45, 7) is 1.92. The normalized spacial score (nSPS) is 18.3. The Morgan fingerprint density at radius 1 is 0.754 bits per heavy atom. The summed E-state index contributed by atoms with van der Waals surface area (Å²) in [6.07, 6.45) is 14.5. The molecule has 4 rings (SSSR count). The summed E-state index contributed by atoms with van der Waals surface area (Å²) >= 11 is 0. The van der Waals surface area contributed by atoms with E-state index in [1.165, 1.54) is 113 Å². The van der Waals surface area contributed by atoms with Gasteiger partial charge in [-0.2, -0.15) is 8.62 Å². The van der Waals surface area contributed by atoms with Gasteiger partial charge in [0.1, 0.15) is 17.7 Å². The lowest BCUT2D eigenvalue weighted by atomic mass is 10.0. The number of aromatic amines is 1. The molecule has 3 aromatic rings. The van der Waals surface area contributed by atoms with Crippen LogP contribution in [0, 0.1) is 0 Å². The first-order valence-electron chi connectivity index (χ1n) is 22.9. The number of benzene rings is 2. The van der Waals surface area contributed by atoms with Gasteiger partial charge in [-0.25, -0.2) is 23.3 Å². The van der Waals surface area contributed by atoms with Crippen molar-refractivity contribution in [3.63, 3.8) is 0 Å². The third-order valence-corrected chi connectivity index (χ3v) is 15.1. The molecule has 1 saturated heterocycles. The molecule has 1 aromatic heterocycles. The Bertz CT molecular complexity index is 2380. The third kappa shape index (κ3) is 22.0. The number of carbonyl (C=O) groups is 2. The summed E-state index contributed by atoms with van der Waals surface area (Å²) in [6, 6.07) is 11.2. The Morgan fingerprint density at radius 2 is 1.29 bits per heavy atom. The van der Waals surface area contributed by atoms with E-state index < -0.39 is 85.0 Å². The summed E-state index contributed by atoms with van der Waals surface area (Å²) in [5, 5.41) is 3.54. The van der Waals surface area contributed by atoms with Gasteiger partial charge in [0.15, 0.2) is 0 Å². The van der Waals surface area contributed by atoms with Gasteiger partial charge in [-0.3, -0.25) is 32.7 Å². The Labute approximate surface area is 399 Å². The minimum atomic E-state index is -5.90. The minimum absolute atomic E-state index is 0.106. The van der Waals surface area contributed by atoms with Crippen molar-refractivity contribution in [3.05, 3.63) is 103 Å². The van der Waals surface area contributed by atoms with Crippen LogP contribution >= 0.6 is 23.5 Å². The van der Waals surface area contributed by atoms with E-state index in [1.807, 2.05) is 4.98 Å². The van der Waals surface area contributed by atoms with Crippen LogP contribution in [0.2, 0.25) is 0 Å². The zero-order chi connectivity index (χ0) is 50.1. The van der Waals surface area contributed by atoms with Crippen molar-refractivity contribution in [2.75, 3.05) is 13.2 Å².